The largest absolute Gasteiger partial charge is 0.387 e. The van der Waals surface area contributed by atoms with Crippen molar-refractivity contribution in [3.8, 4) is 0 Å². The first kappa shape index (κ1) is 12.3. The molecule has 1 saturated heterocycles. The predicted octanol–water partition coefficient (Wildman–Crippen LogP) is 0.588. The number of nitrogens with two attached hydrogens (primary N) is 1. The van der Waals surface area contributed by atoms with Crippen LogP contribution < -0.4 is 5.73 Å². The zero-order valence-electron chi connectivity index (χ0n) is 9.61. The van der Waals surface area contributed by atoms with Gasteiger partial charge in [-0.05, 0) is 19.3 Å². The van der Waals surface area contributed by atoms with Crippen LogP contribution in [0.3, 0.4) is 0 Å². The van der Waals surface area contributed by atoms with Crippen LogP contribution >= 0.6 is 0 Å². The van der Waals surface area contributed by atoms with E-state index in [-0.39, 0.29) is 11.5 Å². The van der Waals surface area contributed by atoms with E-state index in [4.69, 9.17) is 5.73 Å². The van der Waals surface area contributed by atoms with Crippen molar-refractivity contribution in [2.75, 3.05) is 11.5 Å². The minimum atomic E-state index is -3.08. The summed E-state index contributed by atoms with van der Waals surface area (Å²) in [4.78, 5) is 0. The fraction of sp³-hybridized carbons (Fsp3) is 1.00. The number of sulfone groups is 1. The molecule has 2 fully saturated rings. The second-order valence-electron chi connectivity index (χ2n) is 5.44. The third-order valence-corrected chi connectivity index (χ3v) is 5.95. The highest BCUT2D eigenvalue weighted by Gasteiger charge is 2.53. The topological polar surface area (TPSA) is 80.4 Å². The summed E-state index contributed by atoms with van der Waals surface area (Å²) in [7, 11) is -3.08. The van der Waals surface area contributed by atoms with Crippen LogP contribution in [0.15, 0.2) is 0 Å². The number of hydrogen-bond donors (Lipinski definition) is 2. The maximum Gasteiger partial charge on any atom is 0.153 e. The van der Waals surface area contributed by atoms with E-state index in [1.54, 1.807) is 0 Å². The van der Waals surface area contributed by atoms with Crippen molar-refractivity contribution in [3.63, 3.8) is 0 Å². The van der Waals surface area contributed by atoms with Crippen molar-refractivity contribution >= 4 is 9.84 Å². The smallest absolute Gasteiger partial charge is 0.153 e. The summed E-state index contributed by atoms with van der Waals surface area (Å²) in [5, 5.41) is 10.5. The summed E-state index contributed by atoms with van der Waals surface area (Å²) in [6.45, 7) is 0. The molecule has 1 atom stereocenters. The van der Waals surface area contributed by atoms with Gasteiger partial charge in [-0.3, -0.25) is 0 Å². The first-order chi connectivity index (χ1) is 7.37. The first-order valence-electron chi connectivity index (χ1n) is 6.09. The quantitative estimate of drug-likeness (QED) is 0.664. The monoisotopic (exact) mass is 247 g/mol. The van der Waals surface area contributed by atoms with Crippen molar-refractivity contribution < 1.29 is 13.5 Å². The lowest BCUT2D eigenvalue weighted by Gasteiger charge is -2.41. The minimum absolute atomic E-state index is 0.0858. The van der Waals surface area contributed by atoms with Crippen molar-refractivity contribution in [2.45, 2.75) is 56.1 Å². The number of hydrogen-bond acceptors (Lipinski definition) is 4. The van der Waals surface area contributed by atoms with Crippen LogP contribution in [-0.2, 0) is 9.84 Å². The standard InChI is InChI=1S/C11H21NO3S/c12-10(5-3-1-2-4-6-10)11(13)7-8-16(14,15)9-11/h13H,1-9,12H2. The summed E-state index contributed by atoms with van der Waals surface area (Å²) in [6.07, 6.45) is 6.09. The van der Waals surface area contributed by atoms with Gasteiger partial charge in [-0.15, -0.1) is 0 Å². The van der Waals surface area contributed by atoms with E-state index in [0.717, 1.165) is 38.5 Å². The molecular formula is C11H21NO3S. The van der Waals surface area contributed by atoms with Gasteiger partial charge in [0.15, 0.2) is 9.84 Å². The molecule has 94 valence electrons. The summed E-state index contributed by atoms with van der Waals surface area (Å²) >= 11 is 0. The molecule has 4 nitrogen and oxygen atoms in total. The van der Waals surface area contributed by atoms with E-state index in [9.17, 15) is 13.5 Å². The summed E-state index contributed by atoms with van der Waals surface area (Å²) < 4.78 is 23.0. The molecule has 0 spiro atoms. The lowest BCUT2D eigenvalue weighted by atomic mass is 9.74. The Kier molecular flexibility index (Phi) is 3.05. The normalized spacial score (nSPS) is 38.1. The third kappa shape index (κ3) is 2.13. The molecule has 5 heteroatoms. The first-order valence-corrected chi connectivity index (χ1v) is 7.91. The summed E-state index contributed by atoms with van der Waals surface area (Å²) in [5.74, 6) is -0.0566. The molecule has 0 radical (unpaired) electrons. The fourth-order valence-electron chi connectivity index (χ4n) is 3.05. The molecule has 1 aliphatic carbocycles. The van der Waals surface area contributed by atoms with E-state index in [1.807, 2.05) is 0 Å². The third-order valence-electron chi connectivity index (χ3n) is 4.21. The highest BCUT2D eigenvalue weighted by atomic mass is 32.2. The van der Waals surface area contributed by atoms with Crippen LogP contribution in [0.25, 0.3) is 0 Å². The van der Waals surface area contributed by atoms with Gasteiger partial charge < -0.3 is 10.8 Å². The second-order valence-corrected chi connectivity index (χ2v) is 7.63. The fourth-order valence-corrected chi connectivity index (χ4v) is 5.00. The molecule has 1 saturated carbocycles. The molecule has 0 aromatic rings. The van der Waals surface area contributed by atoms with Gasteiger partial charge in [0.2, 0.25) is 0 Å². The lowest BCUT2D eigenvalue weighted by molar-refractivity contribution is -0.0202. The van der Waals surface area contributed by atoms with Gasteiger partial charge in [0.1, 0.15) is 0 Å². The van der Waals surface area contributed by atoms with E-state index in [2.05, 4.69) is 0 Å². The van der Waals surface area contributed by atoms with Crippen LogP contribution in [0.1, 0.15) is 44.9 Å². The van der Waals surface area contributed by atoms with Gasteiger partial charge >= 0.3 is 0 Å². The Morgan fingerprint density at radius 1 is 1.00 bits per heavy atom. The van der Waals surface area contributed by atoms with Gasteiger partial charge in [0.25, 0.3) is 0 Å². The predicted molar refractivity (Wildman–Crippen MR) is 62.8 cm³/mol. The molecule has 1 aliphatic heterocycles. The van der Waals surface area contributed by atoms with Crippen molar-refractivity contribution in [2.24, 2.45) is 5.73 Å². The molecule has 2 rings (SSSR count). The van der Waals surface area contributed by atoms with Crippen LogP contribution in [0.2, 0.25) is 0 Å². The zero-order valence-corrected chi connectivity index (χ0v) is 10.4. The Morgan fingerprint density at radius 2 is 1.56 bits per heavy atom. The van der Waals surface area contributed by atoms with Gasteiger partial charge in [-0.1, -0.05) is 25.7 Å². The van der Waals surface area contributed by atoms with Gasteiger partial charge in [0.05, 0.1) is 17.1 Å². The van der Waals surface area contributed by atoms with Crippen molar-refractivity contribution in [3.05, 3.63) is 0 Å². The average Bonchev–Trinajstić information content (AvgIpc) is 2.40. The van der Waals surface area contributed by atoms with Gasteiger partial charge in [0, 0.05) is 5.54 Å². The van der Waals surface area contributed by atoms with E-state index in [1.165, 1.54) is 0 Å². The van der Waals surface area contributed by atoms with Crippen molar-refractivity contribution in [1.82, 2.24) is 0 Å². The van der Waals surface area contributed by atoms with Gasteiger partial charge in [-0.2, -0.15) is 0 Å². The van der Waals surface area contributed by atoms with Crippen LogP contribution in [0.4, 0.5) is 0 Å². The van der Waals surface area contributed by atoms with Gasteiger partial charge in [-0.25, -0.2) is 8.42 Å². The van der Waals surface area contributed by atoms with Crippen LogP contribution in [-0.4, -0.2) is 36.2 Å². The maximum absolute atomic E-state index is 11.5. The Hall–Kier alpha value is -0.130. The highest BCUT2D eigenvalue weighted by Crippen LogP contribution is 2.40. The summed E-state index contributed by atoms with van der Waals surface area (Å²) in [5.41, 5.74) is 4.43. The molecule has 0 bridgehead atoms. The molecule has 0 aromatic heterocycles. The summed E-state index contributed by atoms with van der Waals surface area (Å²) in [6, 6.07) is 0. The van der Waals surface area contributed by atoms with E-state index >= 15 is 0 Å². The molecule has 1 heterocycles. The molecule has 0 amide bonds. The second kappa shape index (κ2) is 3.96. The highest BCUT2D eigenvalue weighted by molar-refractivity contribution is 7.91. The van der Waals surface area contributed by atoms with E-state index in [0.29, 0.717) is 6.42 Å². The number of rotatable bonds is 1. The minimum Gasteiger partial charge on any atom is -0.387 e. The SMILES string of the molecule is NC1(C2(O)CCS(=O)(=O)C2)CCCCCC1. The molecule has 16 heavy (non-hydrogen) atoms. The molecule has 3 N–H and O–H groups in total. The molecular weight excluding hydrogens is 226 g/mol. The maximum atomic E-state index is 11.5. The van der Waals surface area contributed by atoms with Crippen LogP contribution in [0.5, 0.6) is 0 Å². The molecule has 0 aromatic carbocycles. The zero-order chi connectivity index (χ0) is 11.9. The van der Waals surface area contributed by atoms with E-state index < -0.39 is 21.0 Å². The molecule has 1 unspecified atom stereocenters. The Labute approximate surface area is 97.1 Å². The molecule has 2 aliphatic rings. The Morgan fingerprint density at radius 3 is 2.00 bits per heavy atom. The van der Waals surface area contributed by atoms with Crippen molar-refractivity contribution in [1.29, 1.82) is 0 Å². The van der Waals surface area contributed by atoms with Crippen LogP contribution in [0, 0.1) is 0 Å². The average molecular weight is 247 g/mol. The Bertz CT molecular complexity index is 357. The lowest BCUT2D eigenvalue weighted by Crippen LogP contribution is -2.61. The number of aliphatic hydroxyl groups is 1. The Balaban J connectivity index is 2.21.